The van der Waals surface area contributed by atoms with E-state index in [1.807, 2.05) is 19.1 Å². The fraction of sp³-hybridized carbons (Fsp3) is 0.176. The van der Waals surface area contributed by atoms with E-state index in [2.05, 4.69) is 20.5 Å². The van der Waals surface area contributed by atoms with Crippen LogP contribution in [0.5, 0.6) is 0 Å². The minimum absolute atomic E-state index is 0.0370. The van der Waals surface area contributed by atoms with Gasteiger partial charge in [0.1, 0.15) is 11.3 Å². The molecule has 0 aliphatic heterocycles. The Kier molecular flexibility index (Phi) is 4.23. The van der Waals surface area contributed by atoms with Gasteiger partial charge in [0.15, 0.2) is 0 Å². The van der Waals surface area contributed by atoms with Crippen molar-refractivity contribution >= 4 is 16.9 Å². The number of carbonyl (C=O) groups is 1. The van der Waals surface area contributed by atoms with Gasteiger partial charge in [0.05, 0.1) is 5.52 Å². The Bertz CT molecular complexity index is 835. The van der Waals surface area contributed by atoms with Crippen LogP contribution in [-0.2, 0) is 0 Å². The molecule has 0 aliphatic carbocycles. The number of rotatable bonds is 4. The molecule has 3 aromatic rings. The predicted octanol–water partition coefficient (Wildman–Crippen LogP) is 2.70. The van der Waals surface area contributed by atoms with Crippen LogP contribution < -0.4 is 5.32 Å². The van der Waals surface area contributed by atoms with E-state index in [0.29, 0.717) is 17.6 Å². The van der Waals surface area contributed by atoms with Crippen LogP contribution in [0.25, 0.3) is 11.0 Å². The van der Waals surface area contributed by atoms with Crippen molar-refractivity contribution in [3.05, 3.63) is 65.7 Å². The number of aromatic nitrogens is 3. The van der Waals surface area contributed by atoms with Gasteiger partial charge in [-0.3, -0.25) is 4.79 Å². The predicted molar refractivity (Wildman–Crippen MR) is 84.5 cm³/mol. The van der Waals surface area contributed by atoms with E-state index < -0.39 is 0 Å². The molecule has 1 unspecified atom stereocenters. The lowest BCUT2D eigenvalue weighted by Gasteiger charge is -2.12. The van der Waals surface area contributed by atoms with Gasteiger partial charge in [-0.25, -0.2) is 9.37 Å². The fourth-order valence-corrected chi connectivity index (χ4v) is 2.21. The third kappa shape index (κ3) is 3.48. The van der Waals surface area contributed by atoms with E-state index in [9.17, 15) is 9.18 Å². The molecule has 0 fully saturated rings. The molecule has 0 bridgehead atoms. The molecule has 6 heteroatoms. The molecule has 5 nitrogen and oxygen atoms in total. The van der Waals surface area contributed by atoms with Gasteiger partial charge in [0.2, 0.25) is 5.82 Å². The molecular formula is C17H15FN4O. The van der Waals surface area contributed by atoms with Gasteiger partial charge >= 0.3 is 0 Å². The number of carbonyl (C=O) groups excluding carboxylic acids is 1. The molecule has 1 amide bonds. The molecule has 2 aromatic carbocycles. The molecule has 1 heterocycles. The van der Waals surface area contributed by atoms with Crippen LogP contribution in [0.1, 0.15) is 29.0 Å². The zero-order valence-electron chi connectivity index (χ0n) is 12.5. The maximum absolute atomic E-state index is 12.9. The normalized spacial score (nSPS) is 12.1. The maximum atomic E-state index is 12.9. The highest BCUT2D eigenvalue weighted by atomic mass is 19.1. The second-order valence-electron chi connectivity index (χ2n) is 5.29. The lowest BCUT2D eigenvalue weighted by atomic mass is 10.0. The quantitative estimate of drug-likeness (QED) is 0.804. The van der Waals surface area contributed by atoms with Crippen LogP contribution >= 0.6 is 0 Å². The molecule has 0 saturated carbocycles. The Balaban J connectivity index is 1.67. The Morgan fingerprint density at radius 1 is 1.09 bits per heavy atom. The highest BCUT2D eigenvalue weighted by Gasteiger charge is 2.13. The molecule has 0 radical (unpaired) electrons. The first kappa shape index (κ1) is 15.0. The highest BCUT2D eigenvalue weighted by molar-refractivity contribution is 5.91. The average Bonchev–Trinajstić information content (AvgIpc) is 2.59. The van der Waals surface area contributed by atoms with Gasteiger partial charge in [0.25, 0.3) is 5.91 Å². The second-order valence-corrected chi connectivity index (χ2v) is 5.29. The van der Waals surface area contributed by atoms with Crippen LogP contribution in [0.15, 0.2) is 48.5 Å². The lowest BCUT2D eigenvalue weighted by Crippen LogP contribution is -2.29. The van der Waals surface area contributed by atoms with Crippen molar-refractivity contribution in [3.63, 3.8) is 0 Å². The van der Waals surface area contributed by atoms with Gasteiger partial charge in [-0.15, -0.1) is 10.2 Å². The first-order valence-electron chi connectivity index (χ1n) is 7.26. The largest absolute Gasteiger partial charge is 0.349 e. The summed E-state index contributed by atoms with van der Waals surface area (Å²) in [5.74, 6) is -0.569. The summed E-state index contributed by atoms with van der Waals surface area (Å²) >= 11 is 0. The molecule has 116 valence electrons. The summed E-state index contributed by atoms with van der Waals surface area (Å²) in [7, 11) is 0. The number of nitrogens with zero attached hydrogens (tertiary/aromatic N) is 3. The van der Waals surface area contributed by atoms with Crippen molar-refractivity contribution in [1.29, 1.82) is 0 Å². The third-order valence-corrected chi connectivity index (χ3v) is 3.57. The molecule has 23 heavy (non-hydrogen) atoms. The molecule has 1 aromatic heterocycles. The molecule has 3 rings (SSSR count). The van der Waals surface area contributed by atoms with Crippen molar-refractivity contribution in [2.24, 2.45) is 0 Å². The number of benzene rings is 2. The van der Waals surface area contributed by atoms with Crippen LogP contribution in [0.4, 0.5) is 4.39 Å². The van der Waals surface area contributed by atoms with E-state index in [1.54, 1.807) is 24.3 Å². The third-order valence-electron chi connectivity index (χ3n) is 3.57. The smallest absolute Gasteiger partial charge is 0.291 e. The number of halogens is 1. The van der Waals surface area contributed by atoms with E-state index in [1.165, 1.54) is 12.1 Å². The summed E-state index contributed by atoms with van der Waals surface area (Å²) < 4.78 is 12.9. The Hall–Kier alpha value is -2.89. The van der Waals surface area contributed by atoms with Crippen LogP contribution in [0.3, 0.4) is 0 Å². The minimum Gasteiger partial charge on any atom is -0.349 e. The first-order valence-corrected chi connectivity index (χ1v) is 7.26. The Labute approximate surface area is 132 Å². The molecule has 0 aliphatic rings. The highest BCUT2D eigenvalue weighted by Crippen LogP contribution is 2.14. The minimum atomic E-state index is -0.378. The first-order chi connectivity index (χ1) is 11.1. The van der Waals surface area contributed by atoms with E-state index in [4.69, 9.17) is 0 Å². The van der Waals surface area contributed by atoms with Gasteiger partial charge in [-0.1, -0.05) is 31.2 Å². The van der Waals surface area contributed by atoms with Crippen molar-refractivity contribution in [1.82, 2.24) is 20.5 Å². The summed E-state index contributed by atoms with van der Waals surface area (Å²) in [6.45, 7) is 2.35. The second kappa shape index (κ2) is 6.48. The van der Waals surface area contributed by atoms with Crippen molar-refractivity contribution in [3.8, 4) is 0 Å². The van der Waals surface area contributed by atoms with Crippen LogP contribution in [0, 0.1) is 5.82 Å². The van der Waals surface area contributed by atoms with E-state index in [0.717, 1.165) is 5.56 Å². The summed E-state index contributed by atoms with van der Waals surface area (Å²) in [6.07, 6.45) is 0. The zero-order valence-corrected chi connectivity index (χ0v) is 12.5. The summed E-state index contributed by atoms with van der Waals surface area (Å²) in [6, 6.07) is 13.5. The topological polar surface area (TPSA) is 67.8 Å². The lowest BCUT2D eigenvalue weighted by molar-refractivity contribution is 0.0940. The summed E-state index contributed by atoms with van der Waals surface area (Å²) in [4.78, 5) is 16.3. The van der Waals surface area contributed by atoms with E-state index >= 15 is 0 Å². The van der Waals surface area contributed by atoms with Gasteiger partial charge in [-0.2, -0.15) is 0 Å². The van der Waals surface area contributed by atoms with Crippen molar-refractivity contribution < 1.29 is 9.18 Å². The van der Waals surface area contributed by atoms with Crippen LogP contribution in [-0.4, -0.2) is 27.6 Å². The van der Waals surface area contributed by atoms with Gasteiger partial charge in [-0.05, 0) is 35.7 Å². The standard InChI is InChI=1S/C17H15FN4O/c1-11(12-6-8-13(18)9-7-12)10-19-17(23)16-20-14-4-2-3-5-15(14)21-22-16/h2-9,11H,10H2,1H3,(H,19,23). The molecule has 1 N–H and O–H groups in total. The summed E-state index contributed by atoms with van der Waals surface area (Å²) in [5, 5.41) is 10.6. The molecule has 0 spiro atoms. The van der Waals surface area contributed by atoms with Gasteiger partial charge in [0, 0.05) is 6.54 Å². The van der Waals surface area contributed by atoms with Crippen molar-refractivity contribution in [2.45, 2.75) is 12.8 Å². The van der Waals surface area contributed by atoms with Crippen molar-refractivity contribution in [2.75, 3.05) is 6.54 Å². The molecule has 0 saturated heterocycles. The number of hydrogen-bond donors (Lipinski definition) is 1. The monoisotopic (exact) mass is 310 g/mol. The fourth-order valence-electron chi connectivity index (χ4n) is 2.21. The molecular weight excluding hydrogens is 295 g/mol. The number of amides is 1. The number of hydrogen-bond acceptors (Lipinski definition) is 4. The maximum Gasteiger partial charge on any atom is 0.291 e. The van der Waals surface area contributed by atoms with E-state index in [-0.39, 0.29) is 23.5 Å². The Morgan fingerprint density at radius 3 is 2.52 bits per heavy atom. The zero-order chi connectivity index (χ0) is 16.2. The number of nitrogens with one attached hydrogen (secondary N) is 1. The number of fused-ring (bicyclic) bond motifs is 1. The van der Waals surface area contributed by atoms with Gasteiger partial charge < -0.3 is 5.32 Å². The average molecular weight is 310 g/mol. The SMILES string of the molecule is CC(CNC(=O)c1nnc2ccccc2n1)c1ccc(F)cc1. The summed E-state index contributed by atoms with van der Waals surface area (Å²) in [5.41, 5.74) is 2.22. The number of para-hydroxylation sites is 1. The molecule has 1 atom stereocenters. The Morgan fingerprint density at radius 2 is 1.78 bits per heavy atom. The van der Waals surface area contributed by atoms with Crippen LogP contribution in [0.2, 0.25) is 0 Å².